The molecule has 5 aromatic rings. The molecule has 0 bridgehead atoms. The van der Waals surface area contributed by atoms with E-state index in [9.17, 15) is 8.78 Å². The number of aromatic nitrogens is 3. The molecule has 3 aromatic carbocycles. The Morgan fingerprint density at radius 3 is 2.47 bits per heavy atom. The SMILES string of the molecule is Fc1ccc(Nc2nc(-c3cccnc3)nc3ccc(-c4ccc5c(c4)OCO5)cc23)cc1F. The fourth-order valence-electron chi connectivity index (χ4n) is 3.81. The molecule has 6 nitrogen and oxygen atoms in total. The molecule has 0 radical (unpaired) electrons. The molecule has 1 N–H and O–H groups in total. The lowest BCUT2D eigenvalue weighted by atomic mass is 10.0. The van der Waals surface area contributed by atoms with Crippen molar-refractivity contribution in [3.63, 3.8) is 0 Å². The largest absolute Gasteiger partial charge is 0.454 e. The normalized spacial score (nSPS) is 12.2. The van der Waals surface area contributed by atoms with Gasteiger partial charge in [0.1, 0.15) is 5.82 Å². The van der Waals surface area contributed by atoms with Crippen molar-refractivity contribution in [2.45, 2.75) is 0 Å². The summed E-state index contributed by atoms with van der Waals surface area (Å²) in [5, 5.41) is 3.84. The summed E-state index contributed by atoms with van der Waals surface area (Å²) in [5.41, 5.74) is 3.63. The van der Waals surface area contributed by atoms with E-state index in [2.05, 4.69) is 15.3 Å². The number of fused-ring (bicyclic) bond motifs is 2. The number of hydrogen-bond donors (Lipinski definition) is 1. The van der Waals surface area contributed by atoms with Gasteiger partial charge >= 0.3 is 0 Å². The third-order valence-corrected chi connectivity index (χ3v) is 5.50. The van der Waals surface area contributed by atoms with Crippen molar-refractivity contribution in [1.29, 1.82) is 0 Å². The Balaban J connectivity index is 1.50. The summed E-state index contributed by atoms with van der Waals surface area (Å²) >= 11 is 0. The van der Waals surface area contributed by atoms with Crippen LogP contribution in [0.1, 0.15) is 0 Å². The second kappa shape index (κ2) is 8.08. The van der Waals surface area contributed by atoms with Crippen LogP contribution in [0.15, 0.2) is 79.1 Å². The second-order valence-corrected chi connectivity index (χ2v) is 7.69. The van der Waals surface area contributed by atoms with Gasteiger partial charge < -0.3 is 14.8 Å². The molecule has 166 valence electrons. The summed E-state index contributed by atoms with van der Waals surface area (Å²) in [6.07, 6.45) is 3.34. The molecule has 3 heterocycles. The lowest BCUT2D eigenvalue weighted by Gasteiger charge is -2.13. The minimum Gasteiger partial charge on any atom is -0.454 e. The van der Waals surface area contributed by atoms with Crippen molar-refractivity contribution < 1.29 is 18.3 Å². The first-order valence-corrected chi connectivity index (χ1v) is 10.5. The van der Waals surface area contributed by atoms with Crippen molar-refractivity contribution >= 4 is 22.4 Å². The van der Waals surface area contributed by atoms with E-state index in [4.69, 9.17) is 14.5 Å². The van der Waals surface area contributed by atoms with Gasteiger partial charge in [-0.25, -0.2) is 18.7 Å². The molecule has 0 fully saturated rings. The Hall–Kier alpha value is -4.59. The highest BCUT2D eigenvalue weighted by molar-refractivity contribution is 5.95. The standard InChI is InChI=1S/C26H16F2N4O2/c27-20-6-5-18(12-21(20)28)30-26-19-10-15(16-4-8-23-24(11-16)34-14-33-23)3-7-22(19)31-25(32-26)17-2-1-9-29-13-17/h1-13H,14H2,(H,30,31,32). The molecule has 0 unspecified atom stereocenters. The Morgan fingerprint density at radius 2 is 1.62 bits per heavy atom. The molecule has 6 rings (SSSR count). The van der Waals surface area contributed by atoms with Crippen LogP contribution >= 0.6 is 0 Å². The average Bonchev–Trinajstić information content (AvgIpc) is 3.34. The van der Waals surface area contributed by atoms with E-state index in [-0.39, 0.29) is 6.79 Å². The summed E-state index contributed by atoms with van der Waals surface area (Å²) < 4.78 is 38.2. The molecule has 34 heavy (non-hydrogen) atoms. The molecule has 1 aliphatic rings. The molecule has 0 aliphatic carbocycles. The summed E-state index contributed by atoms with van der Waals surface area (Å²) in [7, 11) is 0. The van der Waals surface area contributed by atoms with E-state index in [0.717, 1.165) is 28.8 Å². The van der Waals surface area contributed by atoms with Gasteiger partial charge in [0.25, 0.3) is 0 Å². The van der Waals surface area contributed by atoms with Gasteiger partial charge in [0.05, 0.1) is 5.52 Å². The van der Waals surface area contributed by atoms with Crippen LogP contribution in [0.2, 0.25) is 0 Å². The van der Waals surface area contributed by atoms with Crippen molar-refractivity contribution in [1.82, 2.24) is 15.0 Å². The predicted octanol–water partition coefficient (Wildman–Crippen LogP) is 6.11. The zero-order chi connectivity index (χ0) is 23.1. The number of nitrogens with one attached hydrogen (secondary N) is 1. The third kappa shape index (κ3) is 3.65. The lowest BCUT2D eigenvalue weighted by Crippen LogP contribution is -2.00. The van der Waals surface area contributed by atoms with E-state index in [0.29, 0.717) is 39.7 Å². The molecular formula is C26H16F2N4O2. The van der Waals surface area contributed by atoms with Crippen molar-refractivity contribution in [3.8, 4) is 34.0 Å². The number of anilines is 2. The van der Waals surface area contributed by atoms with Gasteiger partial charge in [0, 0.05) is 35.1 Å². The maximum atomic E-state index is 13.9. The second-order valence-electron chi connectivity index (χ2n) is 7.69. The van der Waals surface area contributed by atoms with E-state index >= 15 is 0 Å². The number of benzene rings is 3. The first-order chi connectivity index (χ1) is 16.6. The molecule has 0 saturated heterocycles. The minimum atomic E-state index is -0.947. The lowest BCUT2D eigenvalue weighted by molar-refractivity contribution is 0.174. The highest BCUT2D eigenvalue weighted by Crippen LogP contribution is 2.37. The van der Waals surface area contributed by atoms with Gasteiger partial charge in [-0.3, -0.25) is 4.98 Å². The van der Waals surface area contributed by atoms with Gasteiger partial charge in [-0.15, -0.1) is 0 Å². The highest BCUT2D eigenvalue weighted by Gasteiger charge is 2.16. The van der Waals surface area contributed by atoms with Crippen LogP contribution < -0.4 is 14.8 Å². The van der Waals surface area contributed by atoms with Crippen LogP contribution in [-0.2, 0) is 0 Å². The fourth-order valence-corrected chi connectivity index (χ4v) is 3.81. The molecule has 0 spiro atoms. The Kier molecular flexibility index (Phi) is 4.76. The Bertz CT molecular complexity index is 1540. The first kappa shape index (κ1) is 20.0. The van der Waals surface area contributed by atoms with Gasteiger partial charge in [0.15, 0.2) is 29.0 Å². The van der Waals surface area contributed by atoms with Crippen molar-refractivity contribution in [2.75, 3.05) is 12.1 Å². The predicted molar refractivity (Wildman–Crippen MR) is 124 cm³/mol. The van der Waals surface area contributed by atoms with Crippen molar-refractivity contribution in [3.05, 3.63) is 90.8 Å². The van der Waals surface area contributed by atoms with Crippen LogP contribution in [0.4, 0.5) is 20.3 Å². The number of halogens is 2. The summed E-state index contributed by atoms with van der Waals surface area (Å²) in [4.78, 5) is 13.5. The molecule has 8 heteroatoms. The highest BCUT2D eigenvalue weighted by atomic mass is 19.2. The van der Waals surface area contributed by atoms with E-state index < -0.39 is 11.6 Å². The Morgan fingerprint density at radius 1 is 0.765 bits per heavy atom. The molecule has 2 aromatic heterocycles. The van der Waals surface area contributed by atoms with Crippen LogP contribution in [-0.4, -0.2) is 21.7 Å². The molecule has 0 atom stereocenters. The monoisotopic (exact) mass is 454 g/mol. The first-order valence-electron chi connectivity index (χ1n) is 10.5. The van der Waals surface area contributed by atoms with E-state index in [1.54, 1.807) is 18.5 Å². The van der Waals surface area contributed by atoms with Gasteiger partial charge in [-0.1, -0.05) is 12.1 Å². The van der Waals surface area contributed by atoms with Crippen LogP contribution in [0.3, 0.4) is 0 Å². The molecule has 0 saturated carbocycles. The zero-order valence-electron chi connectivity index (χ0n) is 17.6. The van der Waals surface area contributed by atoms with Crippen LogP contribution in [0.25, 0.3) is 33.4 Å². The van der Waals surface area contributed by atoms with Gasteiger partial charge in [-0.05, 0) is 59.7 Å². The number of pyridine rings is 1. The molecule has 1 aliphatic heterocycles. The summed E-state index contributed by atoms with van der Waals surface area (Å²) in [5.74, 6) is 0.436. The molecule has 0 amide bonds. The number of ether oxygens (including phenoxy) is 2. The Labute approximate surface area is 192 Å². The quantitative estimate of drug-likeness (QED) is 0.353. The summed E-state index contributed by atoms with van der Waals surface area (Å²) in [6.45, 7) is 0.198. The molecular weight excluding hydrogens is 438 g/mol. The van der Waals surface area contributed by atoms with E-state index in [1.165, 1.54) is 6.07 Å². The van der Waals surface area contributed by atoms with Crippen LogP contribution in [0, 0.1) is 11.6 Å². The topological polar surface area (TPSA) is 69.2 Å². The van der Waals surface area contributed by atoms with Gasteiger partial charge in [0.2, 0.25) is 6.79 Å². The number of nitrogens with zero attached hydrogens (tertiary/aromatic N) is 3. The maximum Gasteiger partial charge on any atom is 0.231 e. The van der Waals surface area contributed by atoms with Crippen molar-refractivity contribution in [2.24, 2.45) is 0 Å². The van der Waals surface area contributed by atoms with Crippen LogP contribution in [0.5, 0.6) is 11.5 Å². The average molecular weight is 454 g/mol. The fraction of sp³-hybridized carbons (Fsp3) is 0.0385. The number of hydrogen-bond acceptors (Lipinski definition) is 6. The smallest absolute Gasteiger partial charge is 0.231 e. The minimum absolute atomic E-state index is 0.198. The van der Waals surface area contributed by atoms with E-state index in [1.807, 2.05) is 42.5 Å². The number of rotatable bonds is 4. The summed E-state index contributed by atoms with van der Waals surface area (Å²) in [6, 6.07) is 18.8. The third-order valence-electron chi connectivity index (χ3n) is 5.50. The maximum absolute atomic E-state index is 13.9. The zero-order valence-corrected chi connectivity index (χ0v) is 17.6. The van der Waals surface area contributed by atoms with Gasteiger partial charge in [-0.2, -0.15) is 0 Å².